The zero-order valence-electron chi connectivity index (χ0n) is 11.7. The molecule has 1 aromatic rings. The summed E-state index contributed by atoms with van der Waals surface area (Å²) in [6.07, 6.45) is 1.98. The van der Waals surface area contributed by atoms with Crippen molar-refractivity contribution < 1.29 is 14.7 Å². The molecule has 20 heavy (non-hydrogen) atoms. The summed E-state index contributed by atoms with van der Waals surface area (Å²) in [4.78, 5) is 26.3. The number of carbonyl (C=O) groups is 2. The highest BCUT2D eigenvalue weighted by Gasteiger charge is 2.49. The molecule has 0 aromatic heterocycles. The van der Waals surface area contributed by atoms with E-state index < -0.39 is 11.9 Å². The number of aliphatic carboxylic acids is 1. The van der Waals surface area contributed by atoms with Gasteiger partial charge in [-0.1, -0.05) is 32.0 Å². The number of hydrogen-bond donors (Lipinski definition) is 1. The van der Waals surface area contributed by atoms with Gasteiger partial charge in [0.05, 0.1) is 6.04 Å². The number of carbonyl (C=O) groups excluding carboxylic acids is 1. The molecule has 1 amide bonds. The van der Waals surface area contributed by atoms with Crippen molar-refractivity contribution in [3.63, 3.8) is 0 Å². The molecule has 0 radical (unpaired) electrons. The smallest absolute Gasteiger partial charge is 0.313 e. The van der Waals surface area contributed by atoms with Crippen LogP contribution in [0.5, 0.6) is 0 Å². The molecule has 1 aliphatic heterocycles. The summed E-state index contributed by atoms with van der Waals surface area (Å²) in [5.74, 6) is -1.34. The zero-order valence-corrected chi connectivity index (χ0v) is 11.7. The minimum Gasteiger partial charge on any atom is -0.481 e. The number of fused-ring (bicyclic) bond motifs is 1. The molecule has 1 heterocycles. The quantitative estimate of drug-likeness (QED) is 0.920. The largest absolute Gasteiger partial charge is 0.481 e. The first kappa shape index (κ1) is 13.2. The van der Waals surface area contributed by atoms with Gasteiger partial charge in [0.2, 0.25) is 0 Å². The number of nitrogens with zero attached hydrogens (tertiary/aromatic N) is 1. The van der Waals surface area contributed by atoms with Gasteiger partial charge in [-0.2, -0.15) is 0 Å². The Hall–Kier alpha value is -1.84. The molecule has 0 bridgehead atoms. The molecule has 4 heteroatoms. The molecule has 1 aliphatic carbocycles. The molecule has 1 aromatic carbocycles. The highest BCUT2D eigenvalue weighted by Crippen LogP contribution is 2.42. The Bertz CT molecular complexity index is 563. The van der Waals surface area contributed by atoms with Gasteiger partial charge < -0.3 is 10.0 Å². The van der Waals surface area contributed by atoms with Gasteiger partial charge in [-0.3, -0.25) is 9.59 Å². The Kier molecular flexibility index (Phi) is 3.04. The molecule has 1 N–H and O–H groups in total. The van der Waals surface area contributed by atoms with Crippen molar-refractivity contribution in [1.82, 2.24) is 4.90 Å². The van der Waals surface area contributed by atoms with Crippen LogP contribution in [-0.4, -0.2) is 34.0 Å². The van der Waals surface area contributed by atoms with Crippen molar-refractivity contribution in [3.8, 4) is 0 Å². The van der Waals surface area contributed by atoms with E-state index in [-0.39, 0.29) is 23.9 Å². The number of benzene rings is 1. The van der Waals surface area contributed by atoms with Crippen LogP contribution in [0.25, 0.3) is 0 Å². The summed E-state index contributed by atoms with van der Waals surface area (Å²) in [6, 6.07) is 7.13. The Morgan fingerprint density at radius 2 is 1.95 bits per heavy atom. The molecule has 0 spiro atoms. The number of amides is 1. The Balaban J connectivity index is 2.16. The lowest BCUT2D eigenvalue weighted by Crippen LogP contribution is -2.53. The van der Waals surface area contributed by atoms with Crippen LogP contribution in [-0.2, 0) is 4.79 Å². The van der Waals surface area contributed by atoms with Gasteiger partial charge in [0.25, 0.3) is 5.91 Å². The standard InChI is InChI=1S/C16H19NO3/c1-9(2)14-13(16(19)20)11-5-3-4-6-12(11)15(18)17(14)10-7-8-10/h3-6,9-10,13-14H,7-8H2,1-2H3,(H,19,20). The van der Waals surface area contributed by atoms with E-state index in [2.05, 4.69) is 0 Å². The zero-order chi connectivity index (χ0) is 14.4. The highest BCUT2D eigenvalue weighted by atomic mass is 16.4. The predicted octanol–water partition coefficient (Wildman–Crippen LogP) is 2.50. The maximum atomic E-state index is 12.7. The topological polar surface area (TPSA) is 57.6 Å². The molecule has 3 rings (SSSR count). The van der Waals surface area contributed by atoms with Crippen molar-refractivity contribution in [2.45, 2.75) is 44.7 Å². The van der Waals surface area contributed by atoms with Crippen LogP contribution in [0, 0.1) is 5.92 Å². The first-order valence-electron chi connectivity index (χ1n) is 7.16. The minimum absolute atomic E-state index is 0.000648. The first-order valence-corrected chi connectivity index (χ1v) is 7.16. The maximum absolute atomic E-state index is 12.7. The molecular formula is C16H19NO3. The van der Waals surface area contributed by atoms with Crippen LogP contribution in [0.3, 0.4) is 0 Å². The van der Waals surface area contributed by atoms with Gasteiger partial charge in [-0.25, -0.2) is 0 Å². The molecule has 2 unspecified atom stereocenters. The minimum atomic E-state index is -0.839. The van der Waals surface area contributed by atoms with Crippen LogP contribution in [0.15, 0.2) is 24.3 Å². The molecular weight excluding hydrogens is 254 g/mol. The summed E-state index contributed by atoms with van der Waals surface area (Å²) < 4.78 is 0. The summed E-state index contributed by atoms with van der Waals surface area (Å²) in [6.45, 7) is 3.99. The van der Waals surface area contributed by atoms with Crippen molar-refractivity contribution >= 4 is 11.9 Å². The van der Waals surface area contributed by atoms with Gasteiger partial charge >= 0.3 is 5.97 Å². The Labute approximate surface area is 118 Å². The van der Waals surface area contributed by atoms with Gasteiger partial charge in [-0.15, -0.1) is 0 Å². The molecule has 1 saturated carbocycles. The van der Waals surface area contributed by atoms with E-state index in [1.165, 1.54) is 0 Å². The van der Waals surface area contributed by atoms with E-state index in [9.17, 15) is 14.7 Å². The third-order valence-electron chi connectivity index (χ3n) is 4.31. The van der Waals surface area contributed by atoms with Crippen molar-refractivity contribution in [1.29, 1.82) is 0 Å². The van der Waals surface area contributed by atoms with E-state index in [1.807, 2.05) is 24.8 Å². The van der Waals surface area contributed by atoms with E-state index in [4.69, 9.17) is 0 Å². The molecule has 0 saturated heterocycles. The lowest BCUT2D eigenvalue weighted by molar-refractivity contribution is -0.141. The van der Waals surface area contributed by atoms with Crippen LogP contribution < -0.4 is 0 Å². The monoisotopic (exact) mass is 273 g/mol. The summed E-state index contributed by atoms with van der Waals surface area (Å²) >= 11 is 0. The second-order valence-corrected chi connectivity index (χ2v) is 6.08. The van der Waals surface area contributed by atoms with E-state index in [0.717, 1.165) is 12.8 Å². The summed E-state index contributed by atoms with van der Waals surface area (Å²) in [7, 11) is 0. The second-order valence-electron chi connectivity index (χ2n) is 6.08. The van der Waals surface area contributed by atoms with Crippen LogP contribution in [0.4, 0.5) is 0 Å². The Morgan fingerprint density at radius 3 is 2.50 bits per heavy atom. The van der Waals surface area contributed by atoms with Crippen LogP contribution in [0.1, 0.15) is 48.5 Å². The molecule has 106 valence electrons. The SMILES string of the molecule is CC(C)C1C(C(=O)O)c2ccccc2C(=O)N1C1CC1. The van der Waals surface area contributed by atoms with Gasteiger partial charge in [0, 0.05) is 11.6 Å². The average Bonchev–Trinajstić information content (AvgIpc) is 3.22. The first-order chi connectivity index (χ1) is 9.52. The number of carboxylic acid groups (broad SMARTS) is 1. The normalized spacial score (nSPS) is 25.8. The predicted molar refractivity (Wildman–Crippen MR) is 74.6 cm³/mol. The highest BCUT2D eigenvalue weighted by molar-refractivity contribution is 6.00. The molecule has 4 nitrogen and oxygen atoms in total. The number of hydrogen-bond acceptors (Lipinski definition) is 2. The number of carboxylic acids is 1. The van der Waals surface area contributed by atoms with Crippen molar-refractivity contribution in [2.75, 3.05) is 0 Å². The van der Waals surface area contributed by atoms with E-state index in [0.29, 0.717) is 11.1 Å². The van der Waals surface area contributed by atoms with Gasteiger partial charge in [0.15, 0.2) is 0 Å². The number of rotatable bonds is 3. The molecule has 2 aliphatic rings. The average molecular weight is 273 g/mol. The van der Waals surface area contributed by atoms with Crippen molar-refractivity contribution in [2.24, 2.45) is 5.92 Å². The molecule has 1 fully saturated rings. The summed E-state index contributed by atoms with van der Waals surface area (Å²) in [5.41, 5.74) is 1.23. The van der Waals surface area contributed by atoms with E-state index >= 15 is 0 Å². The van der Waals surface area contributed by atoms with Gasteiger partial charge in [0.1, 0.15) is 5.92 Å². The lowest BCUT2D eigenvalue weighted by atomic mass is 9.78. The van der Waals surface area contributed by atoms with Gasteiger partial charge in [-0.05, 0) is 30.4 Å². The third-order valence-corrected chi connectivity index (χ3v) is 4.31. The Morgan fingerprint density at radius 1 is 1.30 bits per heavy atom. The fourth-order valence-electron chi connectivity index (χ4n) is 3.33. The lowest BCUT2D eigenvalue weighted by Gasteiger charge is -2.43. The fraction of sp³-hybridized carbons (Fsp3) is 0.500. The van der Waals surface area contributed by atoms with Crippen LogP contribution in [0.2, 0.25) is 0 Å². The van der Waals surface area contributed by atoms with Crippen molar-refractivity contribution in [3.05, 3.63) is 35.4 Å². The summed E-state index contributed by atoms with van der Waals surface area (Å²) in [5, 5.41) is 9.67. The third kappa shape index (κ3) is 1.90. The maximum Gasteiger partial charge on any atom is 0.313 e. The van der Waals surface area contributed by atoms with Crippen LogP contribution >= 0.6 is 0 Å². The molecule has 2 atom stereocenters. The van der Waals surface area contributed by atoms with E-state index in [1.54, 1.807) is 18.2 Å². The second kappa shape index (κ2) is 4.62. The fourth-order valence-corrected chi connectivity index (χ4v) is 3.33.